The molecule has 0 saturated heterocycles. The largest absolute Gasteiger partial charge is 0.440 e. The molecule has 0 fully saturated rings. The Bertz CT molecular complexity index is 3010. The third-order valence-electron chi connectivity index (χ3n) is 14.5. The molecule has 1 aromatic heterocycles. The minimum absolute atomic E-state index is 0.0607. The number of fused-ring (bicyclic) bond motifs is 9. The summed E-state index contributed by atoms with van der Waals surface area (Å²) in [5.74, 6) is 0.914. The van der Waals surface area contributed by atoms with E-state index < -0.39 is 5.41 Å². The van der Waals surface area contributed by atoms with Gasteiger partial charge in [0.1, 0.15) is 5.58 Å². The summed E-state index contributed by atoms with van der Waals surface area (Å²) >= 11 is 0. The second-order valence-corrected chi connectivity index (χ2v) is 18.8. The average Bonchev–Trinajstić information content (AvgIpc) is 3.63. The van der Waals surface area contributed by atoms with Crippen LogP contribution >= 0.6 is 0 Å². The highest BCUT2D eigenvalue weighted by Crippen LogP contribution is 2.61. The summed E-state index contributed by atoms with van der Waals surface area (Å²) in [5.41, 5.74) is 21.1. The van der Waals surface area contributed by atoms with Crippen molar-refractivity contribution in [2.75, 3.05) is 9.71 Å². The lowest BCUT2D eigenvalue weighted by molar-refractivity contribution is 0.332. The Kier molecular flexibility index (Phi) is 7.02. The SMILES string of the molecule is Cc1cc2c3c(c1)N(c1cc4c(cc1C)C(C)(C)CCC4(C)C)c1oc4ccccc4c1B3N1c3ccccc3C(c3ccccc3)(c3ccccc3)c3cccc-2c31. The zero-order valence-electron chi connectivity index (χ0n) is 34.7. The maximum Gasteiger partial charge on any atom is 0.337 e. The number of furan rings is 1. The summed E-state index contributed by atoms with van der Waals surface area (Å²) in [7, 11) is 0. The smallest absolute Gasteiger partial charge is 0.337 e. The van der Waals surface area contributed by atoms with E-state index in [1.54, 1.807) is 0 Å². The molecule has 4 heterocycles. The van der Waals surface area contributed by atoms with Gasteiger partial charge in [-0.1, -0.05) is 155 Å². The molecule has 1 aliphatic carbocycles. The summed E-state index contributed by atoms with van der Waals surface area (Å²) in [6, 6.07) is 57.2. The Morgan fingerprint density at radius 3 is 1.88 bits per heavy atom. The molecule has 0 amide bonds. The van der Waals surface area contributed by atoms with Gasteiger partial charge in [0.15, 0.2) is 0 Å². The molecule has 0 radical (unpaired) electrons. The van der Waals surface area contributed by atoms with Crippen molar-refractivity contribution in [2.24, 2.45) is 0 Å². The molecule has 4 aliphatic rings. The topological polar surface area (TPSA) is 19.6 Å². The third kappa shape index (κ3) is 4.50. The minimum atomic E-state index is -0.548. The van der Waals surface area contributed by atoms with E-state index in [1.807, 2.05) is 0 Å². The van der Waals surface area contributed by atoms with E-state index in [0.29, 0.717) is 0 Å². The predicted molar refractivity (Wildman–Crippen MR) is 247 cm³/mol. The van der Waals surface area contributed by atoms with Crippen LogP contribution in [0.4, 0.5) is 28.6 Å². The van der Waals surface area contributed by atoms with Crippen molar-refractivity contribution < 1.29 is 4.42 Å². The van der Waals surface area contributed by atoms with E-state index in [4.69, 9.17) is 4.42 Å². The Balaban J connectivity index is 1.22. The normalized spacial score (nSPS) is 17.2. The van der Waals surface area contributed by atoms with Crippen LogP contribution in [0.15, 0.2) is 156 Å². The standard InChI is InChI=1S/C55H47BN2O/c1-34-30-40-38-23-17-25-42-51(38)58(45-26-15-14-24-41(45)55(42,36-18-9-7-10-19-36)37-20-11-8-12-21-37)56-49(40)47(31-34)57(52-50(56)39-22-13-16-27-48(39)59-52)46-33-44-43(32-35(46)2)53(3,4)28-29-54(44,5)6/h7-27,30-33H,28-29H2,1-6H3. The van der Waals surface area contributed by atoms with Crippen LogP contribution in [0.5, 0.6) is 0 Å². The molecular formula is C55H47BN2O. The van der Waals surface area contributed by atoms with E-state index in [2.05, 4.69) is 203 Å². The number of hydrogen-bond acceptors (Lipinski definition) is 3. The fraction of sp³-hybridized carbons (Fsp3) is 0.200. The number of para-hydroxylation sites is 3. The van der Waals surface area contributed by atoms with Gasteiger partial charge in [0.25, 0.3) is 0 Å². The van der Waals surface area contributed by atoms with Gasteiger partial charge in [-0.15, -0.1) is 0 Å². The van der Waals surface area contributed by atoms with Crippen molar-refractivity contribution >= 4 is 57.4 Å². The number of benzene rings is 7. The van der Waals surface area contributed by atoms with Crippen LogP contribution in [0, 0.1) is 13.8 Å². The zero-order valence-corrected chi connectivity index (χ0v) is 34.7. The first kappa shape index (κ1) is 34.8. The number of rotatable bonds is 3. The van der Waals surface area contributed by atoms with Gasteiger partial charge < -0.3 is 9.23 Å². The highest BCUT2D eigenvalue weighted by atomic mass is 16.4. The van der Waals surface area contributed by atoms with Crippen LogP contribution in [-0.2, 0) is 16.2 Å². The van der Waals surface area contributed by atoms with Gasteiger partial charge >= 0.3 is 6.85 Å². The number of aryl methyl sites for hydroxylation is 2. The first-order chi connectivity index (χ1) is 28.6. The highest BCUT2D eigenvalue weighted by Gasteiger charge is 2.55. The summed E-state index contributed by atoms with van der Waals surface area (Å²) in [6.07, 6.45) is 2.35. The van der Waals surface area contributed by atoms with E-state index >= 15 is 0 Å². The molecule has 8 aromatic rings. The first-order valence-corrected chi connectivity index (χ1v) is 21.3. The van der Waals surface area contributed by atoms with Crippen molar-refractivity contribution in [1.29, 1.82) is 0 Å². The number of nitrogens with zero attached hydrogens (tertiary/aromatic N) is 2. The van der Waals surface area contributed by atoms with Crippen LogP contribution in [0.3, 0.4) is 0 Å². The highest BCUT2D eigenvalue weighted by molar-refractivity contribution is 6.95. The van der Waals surface area contributed by atoms with E-state index in [-0.39, 0.29) is 17.7 Å². The molecule has 0 N–H and O–H groups in total. The molecule has 3 nitrogen and oxygen atoms in total. The molecule has 3 aliphatic heterocycles. The zero-order chi connectivity index (χ0) is 40.0. The maximum absolute atomic E-state index is 7.24. The second-order valence-electron chi connectivity index (χ2n) is 18.8. The third-order valence-corrected chi connectivity index (χ3v) is 14.5. The fourth-order valence-corrected chi connectivity index (χ4v) is 11.7. The van der Waals surface area contributed by atoms with Crippen molar-refractivity contribution in [3.63, 3.8) is 0 Å². The van der Waals surface area contributed by atoms with E-state index in [1.165, 1.54) is 95.7 Å². The Morgan fingerprint density at radius 1 is 0.525 bits per heavy atom. The first-order valence-electron chi connectivity index (χ1n) is 21.3. The predicted octanol–water partition coefficient (Wildman–Crippen LogP) is 12.8. The molecule has 0 unspecified atom stereocenters. The summed E-state index contributed by atoms with van der Waals surface area (Å²) < 4.78 is 7.24. The number of hydrogen-bond donors (Lipinski definition) is 0. The lowest BCUT2D eigenvalue weighted by Crippen LogP contribution is -2.63. The number of anilines is 5. The van der Waals surface area contributed by atoms with Crippen LogP contribution < -0.4 is 20.6 Å². The van der Waals surface area contributed by atoms with Gasteiger partial charge in [-0.3, -0.25) is 4.90 Å². The van der Waals surface area contributed by atoms with Gasteiger partial charge in [0.05, 0.1) is 11.1 Å². The van der Waals surface area contributed by atoms with Gasteiger partial charge in [-0.2, -0.15) is 0 Å². The molecule has 0 saturated carbocycles. The van der Waals surface area contributed by atoms with E-state index in [9.17, 15) is 0 Å². The molecular weight excluding hydrogens is 715 g/mol. The molecule has 7 aromatic carbocycles. The summed E-state index contributed by atoms with van der Waals surface area (Å²) in [5, 5.41) is 1.16. The average molecular weight is 763 g/mol. The second kappa shape index (κ2) is 11.9. The van der Waals surface area contributed by atoms with Crippen molar-refractivity contribution in [1.82, 2.24) is 0 Å². The van der Waals surface area contributed by atoms with Gasteiger partial charge in [0, 0.05) is 33.5 Å². The van der Waals surface area contributed by atoms with Gasteiger partial charge in [-0.25, -0.2) is 0 Å². The minimum Gasteiger partial charge on any atom is -0.440 e. The van der Waals surface area contributed by atoms with Gasteiger partial charge in [0.2, 0.25) is 5.88 Å². The molecule has 4 heteroatoms. The molecule has 12 rings (SSSR count). The van der Waals surface area contributed by atoms with Crippen LogP contribution in [0.25, 0.3) is 22.1 Å². The van der Waals surface area contributed by atoms with Crippen molar-refractivity contribution in [2.45, 2.75) is 70.6 Å². The monoisotopic (exact) mass is 762 g/mol. The van der Waals surface area contributed by atoms with E-state index in [0.717, 1.165) is 23.3 Å². The molecule has 59 heavy (non-hydrogen) atoms. The van der Waals surface area contributed by atoms with Crippen LogP contribution in [0.1, 0.15) is 85.0 Å². The molecule has 286 valence electrons. The van der Waals surface area contributed by atoms with Crippen molar-refractivity contribution in [3.05, 3.63) is 196 Å². The van der Waals surface area contributed by atoms with Crippen LogP contribution in [-0.4, -0.2) is 6.85 Å². The quantitative estimate of drug-likeness (QED) is 0.167. The Labute approximate surface area is 348 Å². The molecule has 0 bridgehead atoms. The van der Waals surface area contributed by atoms with Crippen LogP contribution in [0.2, 0.25) is 0 Å². The molecule has 0 atom stereocenters. The van der Waals surface area contributed by atoms with Crippen molar-refractivity contribution in [3.8, 4) is 11.1 Å². The fourth-order valence-electron chi connectivity index (χ4n) is 11.7. The Hall–Kier alpha value is -6.26. The lowest BCUT2D eigenvalue weighted by atomic mass is 9.42. The lowest BCUT2D eigenvalue weighted by Gasteiger charge is -2.52. The van der Waals surface area contributed by atoms with Gasteiger partial charge in [-0.05, 0) is 117 Å². The summed E-state index contributed by atoms with van der Waals surface area (Å²) in [4.78, 5) is 5.18. The Morgan fingerprint density at radius 2 is 1.15 bits per heavy atom. The summed E-state index contributed by atoms with van der Waals surface area (Å²) in [6.45, 7) is 14.1. The maximum atomic E-state index is 7.24. The molecule has 0 spiro atoms.